The van der Waals surface area contributed by atoms with E-state index in [1.165, 1.54) is 12.1 Å². The molecule has 0 unspecified atom stereocenters. The van der Waals surface area contributed by atoms with Gasteiger partial charge in [-0.3, -0.25) is 9.59 Å². The molecule has 194 valence electrons. The number of amides is 2. The van der Waals surface area contributed by atoms with E-state index in [0.29, 0.717) is 37.4 Å². The maximum Gasteiger partial charge on any atom is 0.254 e. The first-order valence-corrected chi connectivity index (χ1v) is 12.8. The van der Waals surface area contributed by atoms with Crippen molar-refractivity contribution in [2.45, 2.75) is 27.2 Å². The summed E-state index contributed by atoms with van der Waals surface area (Å²) >= 11 is 0. The Morgan fingerprint density at radius 2 is 1.65 bits per heavy atom. The molecule has 0 atom stereocenters. The number of halogens is 1. The minimum absolute atomic E-state index is 0.0410. The third kappa shape index (κ3) is 6.90. The summed E-state index contributed by atoms with van der Waals surface area (Å²) in [7, 11) is 0. The van der Waals surface area contributed by atoms with Crippen LogP contribution in [-0.2, 0) is 4.79 Å². The van der Waals surface area contributed by atoms with Crippen LogP contribution in [0.2, 0.25) is 0 Å². The Hall–Kier alpha value is -3.81. The first-order valence-electron chi connectivity index (χ1n) is 12.8. The van der Waals surface area contributed by atoms with Crippen LogP contribution in [0.3, 0.4) is 0 Å². The largest absolute Gasteiger partial charge is 0.353 e. The maximum atomic E-state index is 13.3. The monoisotopic (exact) mass is 503 g/mol. The molecule has 0 bridgehead atoms. The van der Waals surface area contributed by atoms with Crippen LogP contribution in [0, 0.1) is 18.7 Å². The Morgan fingerprint density at radius 1 is 0.919 bits per heavy atom. The standard InChI is InChI=1S/C29H34FN5O2/c1-21(2)19-35(29(37)24-7-5-22(3)6-8-24)20-28(36)34-16-4-15-33(17-18-34)27-14-13-26(31-32-27)23-9-11-25(30)12-10-23/h5-14,21H,4,15-20H2,1-3H3. The van der Waals surface area contributed by atoms with Gasteiger partial charge in [0.25, 0.3) is 5.91 Å². The number of carbonyl (C=O) groups excluding carboxylic acids is 2. The highest BCUT2D eigenvalue weighted by molar-refractivity contribution is 5.96. The molecule has 7 nitrogen and oxygen atoms in total. The fourth-order valence-corrected chi connectivity index (χ4v) is 4.47. The van der Waals surface area contributed by atoms with Gasteiger partial charge in [0, 0.05) is 43.9 Å². The number of aromatic nitrogens is 2. The average molecular weight is 504 g/mol. The first-order chi connectivity index (χ1) is 17.8. The van der Waals surface area contributed by atoms with Gasteiger partial charge in [-0.25, -0.2) is 4.39 Å². The molecule has 3 aromatic rings. The van der Waals surface area contributed by atoms with E-state index in [1.807, 2.05) is 62.1 Å². The van der Waals surface area contributed by atoms with Crippen molar-refractivity contribution in [3.8, 4) is 11.3 Å². The van der Waals surface area contributed by atoms with Crippen molar-refractivity contribution in [2.24, 2.45) is 5.92 Å². The molecule has 0 aliphatic carbocycles. The summed E-state index contributed by atoms with van der Waals surface area (Å²) in [5.41, 5.74) is 3.17. The summed E-state index contributed by atoms with van der Waals surface area (Å²) in [4.78, 5) is 32.1. The van der Waals surface area contributed by atoms with E-state index in [2.05, 4.69) is 15.1 Å². The van der Waals surface area contributed by atoms with Crippen molar-refractivity contribution in [1.82, 2.24) is 20.0 Å². The SMILES string of the molecule is Cc1ccc(C(=O)N(CC(=O)N2CCCN(c3ccc(-c4ccc(F)cc4)nn3)CC2)CC(C)C)cc1. The highest BCUT2D eigenvalue weighted by atomic mass is 19.1. The number of carbonyl (C=O) groups is 2. The Labute approximate surface area is 217 Å². The van der Waals surface area contributed by atoms with Gasteiger partial charge < -0.3 is 14.7 Å². The van der Waals surface area contributed by atoms with Crippen molar-refractivity contribution in [2.75, 3.05) is 44.2 Å². The highest BCUT2D eigenvalue weighted by Gasteiger charge is 2.25. The van der Waals surface area contributed by atoms with E-state index in [4.69, 9.17) is 0 Å². The first kappa shape index (κ1) is 26.3. The molecule has 0 N–H and O–H groups in total. The van der Waals surface area contributed by atoms with Crippen molar-refractivity contribution in [1.29, 1.82) is 0 Å². The van der Waals surface area contributed by atoms with Crippen LogP contribution in [0.15, 0.2) is 60.7 Å². The lowest BCUT2D eigenvalue weighted by Gasteiger charge is -2.28. The quantitative estimate of drug-likeness (QED) is 0.477. The number of anilines is 1. The fraction of sp³-hybridized carbons (Fsp3) is 0.379. The maximum absolute atomic E-state index is 13.3. The Morgan fingerprint density at radius 3 is 2.30 bits per heavy atom. The summed E-state index contributed by atoms with van der Waals surface area (Å²) in [5, 5.41) is 8.70. The summed E-state index contributed by atoms with van der Waals surface area (Å²) in [6.07, 6.45) is 0.795. The Balaban J connectivity index is 1.38. The van der Waals surface area contributed by atoms with Gasteiger partial charge in [-0.05, 0) is 67.8 Å². The lowest BCUT2D eigenvalue weighted by atomic mass is 10.1. The third-order valence-corrected chi connectivity index (χ3v) is 6.46. The summed E-state index contributed by atoms with van der Waals surface area (Å²) < 4.78 is 13.2. The van der Waals surface area contributed by atoms with Crippen molar-refractivity contribution < 1.29 is 14.0 Å². The number of rotatable bonds is 7. The third-order valence-electron chi connectivity index (χ3n) is 6.46. The Kier molecular flexibility index (Phi) is 8.48. The number of hydrogen-bond donors (Lipinski definition) is 0. The van der Waals surface area contributed by atoms with Gasteiger partial charge in [0.2, 0.25) is 5.91 Å². The van der Waals surface area contributed by atoms with Gasteiger partial charge >= 0.3 is 0 Å². The minimum Gasteiger partial charge on any atom is -0.353 e. The van der Waals surface area contributed by atoms with Gasteiger partial charge in [-0.1, -0.05) is 31.5 Å². The lowest BCUT2D eigenvalue weighted by molar-refractivity contribution is -0.131. The van der Waals surface area contributed by atoms with Crippen LogP contribution >= 0.6 is 0 Å². The van der Waals surface area contributed by atoms with Crippen molar-refractivity contribution in [3.05, 3.63) is 77.6 Å². The van der Waals surface area contributed by atoms with Gasteiger partial charge in [-0.2, -0.15) is 0 Å². The minimum atomic E-state index is -0.288. The van der Waals surface area contributed by atoms with Crippen molar-refractivity contribution in [3.63, 3.8) is 0 Å². The molecule has 0 spiro atoms. The molecule has 1 saturated heterocycles. The summed E-state index contributed by atoms with van der Waals surface area (Å²) in [6, 6.07) is 17.4. The summed E-state index contributed by atoms with van der Waals surface area (Å²) in [6.45, 7) is 9.24. The van der Waals surface area contributed by atoms with Crippen LogP contribution in [0.1, 0.15) is 36.2 Å². The van der Waals surface area contributed by atoms with Gasteiger partial charge in [0.1, 0.15) is 12.4 Å². The second-order valence-corrected chi connectivity index (χ2v) is 9.95. The molecule has 37 heavy (non-hydrogen) atoms. The van der Waals surface area contributed by atoms with E-state index in [1.54, 1.807) is 17.0 Å². The molecular weight excluding hydrogens is 469 g/mol. The molecule has 2 amide bonds. The molecule has 4 rings (SSSR count). The van der Waals surface area contributed by atoms with Crippen LogP contribution < -0.4 is 4.90 Å². The second kappa shape index (κ2) is 12.0. The topological polar surface area (TPSA) is 69.6 Å². The van der Waals surface area contributed by atoms with E-state index in [-0.39, 0.29) is 30.1 Å². The van der Waals surface area contributed by atoms with E-state index in [0.717, 1.165) is 29.9 Å². The van der Waals surface area contributed by atoms with Crippen LogP contribution in [-0.4, -0.2) is 71.1 Å². The van der Waals surface area contributed by atoms with Crippen LogP contribution in [0.4, 0.5) is 10.2 Å². The van der Waals surface area contributed by atoms with Crippen molar-refractivity contribution >= 4 is 17.6 Å². The van der Waals surface area contributed by atoms with Crippen LogP contribution in [0.25, 0.3) is 11.3 Å². The molecule has 1 aromatic heterocycles. The molecule has 2 heterocycles. The van der Waals surface area contributed by atoms with Crippen LogP contribution in [0.5, 0.6) is 0 Å². The fourth-order valence-electron chi connectivity index (χ4n) is 4.47. The molecular formula is C29H34FN5O2. The predicted molar refractivity (Wildman–Crippen MR) is 143 cm³/mol. The number of aryl methyl sites for hydroxylation is 1. The molecule has 0 saturated carbocycles. The van der Waals surface area contributed by atoms with E-state index >= 15 is 0 Å². The number of hydrogen-bond acceptors (Lipinski definition) is 5. The lowest BCUT2D eigenvalue weighted by Crippen LogP contribution is -2.45. The molecule has 1 aliphatic heterocycles. The number of nitrogens with zero attached hydrogens (tertiary/aromatic N) is 5. The molecule has 1 aliphatic rings. The predicted octanol–water partition coefficient (Wildman–Crippen LogP) is 4.43. The second-order valence-electron chi connectivity index (χ2n) is 9.95. The normalized spacial score (nSPS) is 14.0. The molecule has 0 radical (unpaired) electrons. The molecule has 2 aromatic carbocycles. The van der Waals surface area contributed by atoms with Gasteiger partial charge in [0.05, 0.1) is 5.69 Å². The smallest absolute Gasteiger partial charge is 0.254 e. The molecule has 8 heteroatoms. The average Bonchev–Trinajstić information content (AvgIpc) is 3.15. The van der Waals surface area contributed by atoms with E-state index in [9.17, 15) is 14.0 Å². The highest BCUT2D eigenvalue weighted by Crippen LogP contribution is 2.20. The summed E-state index contributed by atoms with van der Waals surface area (Å²) in [5.74, 6) is 0.550. The zero-order valence-corrected chi connectivity index (χ0v) is 21.7. The zero-order chi connectivity index (χ0) is 26.4. The zero-order valence-electron chi connectivity index (χ0n) is 21.7. The molecule has 1 fully saturated rings. The van der Waals surface area contributed by atoms with Gasteiger partial charge in [0.15, 0.2) is 5.82 Å². The number of benzene rings is 2. The van der Waals surface area contributed by atoms with Gasteiger partial charge in [-0.15, -0.1) is 10.2 Å². The van der Waals surface area contributed by atoms with E-state index < -0.39 is 0 Å². The Bertz CT molecular complexity index is 1200.